The number of para-hydroxylation sites is 2. The molecular formula is C39H24N4O. The van der Waals surface area contributed by atoms with Crippen LogP contribution >= 0.6 is 0 Å². The SMILES string of the molecule is c1ccc(-c2ccc3c4ccccc4n(-c4nc(-c5ccccc5)nc(-c5ccc6c(c5)oc5ccccc56)n4)c3c2)cc1. The lowest BCUT2D eigenvalue weighted by Crippen LogP contribution is -2.06. The van der Waals surface area contributed by atoms with Crippen molar-refractivity contribution in [2.45, 2.75) is 0 Å². The largest absolute Gasteiger partial charge is 0.456 e. The molecule has 206 valence electrons. The maximum absolute atomic E-state index is 6.23. The summed E-state index contributed by atoms with van der Waals surface area (Å²) < 4.78 is 8.39. The summed E-state index contributed by atoms with van der Waals surface area (Å²) in [6.07, 6.45) is 0. The highest BCUT2D eigenvalue weighted by Crippen LogP contribution is 2.36. The van der Waals surface area contributed by atoms with Gasteiger partial charge in [-0.25, -0.2) is 4.98 Å². The molecule has 0 radical (unpaired) electrons. The van der Waals surface area contributed by atoms with Crippen LogP contribution < -0.4 is 0 Å². The molecule has 0 atom stereocenters. The number of fused-ring (bicyclic) bond motifs is 6. The van der Waals surface area contributed by atoms with E-state index in [-0.39, 0.29) is 0 Å². The Labute approximate surface area is 252 Å². The molecular weight excluding hydrogens is 540 g/mol. The molecule has 44 heavy (non-hydrogen) atoms. The van der Waals surface area contributed by atoms with Gasteiger partial charge in [0.05, 0.1) is 11.0 Å². The Kier molecular flexibility index (Phi) is 5.43. The molecule has 3 aromatic heterocycles. The highest BCUT2D eigenvalue weighted by molar-refractivity contribution is 6.10. The minimum atomic E-state index is 0.565. The standard InChI is InChI=1S/C39H24N4O/c1-3-11-25(12-4-1)27-19-21-30-29-15-7-9-17-33(29)43(34(30)23-27)39-41-37(26-13-5-2-6-14-26)40-38(42-39)28-20-22-32-31-16-8-10-18-35(31)44-36(32)24-28/h1-24H. The average molecular weight is 565 g/mol. The lowest BCUT2D eigenvalue weighted by molar-refractivity contribution is 0.669. The molecule has 0 spiro atoms. The van der Waals surface area contributed by atoms with Gasteiger partial charge < -0.3 is 4.42 Å². The minimum Gasteiger partial charge on any atom is -0.456 e. The molecule has 0 bridgehead atoms. The van der Waals surface area contributed by atoms with Crippen LogP contribution in [0.4, 0.5) is 0 Å². The molecule has 9 rings (SSSR count). The predicted octanol–water partition coefficient (Wildman–Crippen LogP) is 9.87. The van der Waals surface area contributed by atoms with E-state index in [0.29, 0.717) is 17.6 Å². The van der Waals surface area contributed by atoms with E-state index < -0.39 is 0 Å². The molecule has 6 aromatic carbocycles. The van der Waals surface area contributed by atoms with E-state index in [4.69, 9.17) is 19.4 Å². The van der Waals surface area contributed by atoms with E-state index >= 15 is 0 Å². The fourth-order valence-corrected chi connectivity index (χ4v) is 6.17. The van der Waals surface area contributed by atoms with E-state index in [1.165, 1.54) is 0 Å². The van der Waals surface area contributed by atoms with Gasteiger partial charge in [0.25, 0.3) is 0 Å². The topological polar surface area (TPSA) is 56.7 Å². The Morgan fingerprint density at radius 3 is 1.80 bits per heavy atom. The first kappa shape index (κ1) is 24.5. The maximum Gasteiger partial charge on any atom is 0.238 e. The summed E-state index contributed by atoms with van der Waals surface area (Å²) in [6.45, 7) is 0. The maximum atomic E-state index is 6.23. The van der Waals surface area contributed by atoms with E-state index in [1.807, 2.05) is 60.7 Å². The highest BCUT2D eigenvalue weighted by atomic mass is 16.3. The first-order valence-corrected chi connectivity index (χ1v) is 14.6. The van der Waals surface area contributed by atoms with Crippen LogP contribution in [0, 0.1) is 0 Å². The van der Waals surface area contributed by atoms with Gasteiger partial charge in [0.15, 0.2) is 11.6 Å². The van der Waals surface area contributed by atoms with E-state index in [9.17, 15) is 0 Å². The van der Waals surface area contributed by atoms with Crippen LogP contribution in [0.1, 0.15) is 0 Å². The Morgan fingerprint density at radius 1 is 0.386 bits per heavy atom. The van der Waals surface area contributed by atoms with Crippen molar-refractivity contribution >= 4 is 43.7 Å². The zero-order chi connectivity index (χ0) is 29.0. The fourth-order valence-electron chi connectivity index (χ4n) is 6.17. The third-order valence-electron chi connectivity index (χ3n) is 8.27. The molecule has 9 aromatic rings. The normalized spacial score (nSPS) is 11.6. The fraction of sp³-hybridized carbons (Fsp3) is 0. The number of nitrogens with zero attached hydrogens (tertiary/aromatic N) is 4. The van der Waals surface area contributed by atoms with E-state index in [1.54, 1.807) is 0 Å². The summed E-state index contributed by atoms with van der Waals surface area (Å²) in [5.41, 5.74) is 7.82. The van der Waals surface area contributed by atoms with Gasteiger partial charge in [-0.15, -0.1) is 0 Å². The van der Waals surface area contributed by atoms with Crippen LogP contribution in [-0.2, 0) is 0 Å². The van der Waals surface area contributed by atoms with Crippen molar-refractivity contribution in [3.8, 4) is 39.9 Å². The molecule has 0 N–H and O–H groups in total. The summed E-state index contributed by atoms with van der Waals surface area (Å²) in [7, 11) is 0. The monoisotopic (exact) mass is 564 g/mol. The Balaban J connectivity index is 1.32. The van der Waals surface area contributed by atoms with Crippen molar-refractivity contribution in [1.82, 2.24) is 19.5 Å². The molecule has 3 heterocycles. The second-order valence-electron chi connectivity index (χ2n) is 10.9. The zero-order valence-corrected chi connectivity index (χ0v) is 23.6. The van der Waals surface area contributed by atoms with Crippen molar-refractivity contribution in [3.63, 3.8) is 0 Å². The number of rotatable bonds is 4. The summed E-state index contributed by atoms with van der Waals surface area (Å²) in [5.74, 6) is 1.76. The molecule has 0 aliphatic carbocycles. The van der Waals surface area contributed by atoms with Crippen LogP contribution in [0.3, 0.4) is 0 Å². The van der Waals surface area contributed by atoms with Crippen molar-refractivity contribution in [2.75, 3.05) is 0 Å². The molecule has 5 heteroatoms. The first-order chi connectivity index (χ1) is 21.8. The Bertz CT molecular complexity index is 2490. The van der Waals surface area contributed by atoms with Crippen molar-refractivity contribution in [2.24, 2.45) is 0 Å². The number of benzene rings is 6. The third-order valence-corrected chi connectivity index (χ3v) is 8.27. The van der Waals surface area contributed by atoms with Crippen LogP contribution in [0.2, 0.25) is 0 Å². The first-order valence-electron chi connectivity index (χ1n) is 14.6. The molecule has 0 aliphatic heterocycles. The third kappa shape index (κ3) is 3.91. The van der Waals surface area contributed by atoms with Gasteiger partial charge in [0.2, 0.25) is 5.95 Å². The van der Waals surface area contributed by atoms with Crippen molar-refractivity contribution in [3.05, 3.63) is 146 Å². The van der Waals surface area contributed by atoms with E-state index in [0.717, 1.165) is 66.0 Å². The Hall–Kier alpha value is -6.07. The second kappa shape index (κ2) is 9.75. The second-order valence-corrected chi connectivity index (χ2v) is 10.9. The number of furan rings is 1. The average Bonchev–Trinajstić information content (AvgIpc) is 3.64. The molecule has 0 aliphatic rings. The van der Waals surface area contributed by atoms with Gasteiger partial charge in [-0.3, -0.25) is 4.57 Å². The van der Waals surface area contributed by atoms with E-state index in [2.05, 4.69) is 89.5 Å². The van der Waals surface area contributed by atoms with Crippen LogP contribution in [-0.4, -0.2) is 19.5 Å². The van der Waals surface area contributed by atoms with Crippen molar-refractivity contribution < 1.29 is 4.42 Å². The van der Waals surface area contributed by atoms with Gasteiger partial charge >= 0.3 is 0 Å². The number of aromatic nitrogens is 4. The summed E-state index contributed by atoms with van der Waals surface area (Å²) in [5, 5.41) is 4.45. The highest BCUT2D eigenvalue weighted by Gasteiger charge is 2.19. The van der Waals surface area contributed by atoms with Crippen LogP contribution in [0.15, 0.2) is 150 Å². The zero-order valence-electron chi connectivity index (χ0n) is 23.6. The Morgan fingerprint density at radius 2 is 0.977 bits per heavy atom. The summed E-state index contributed by atoms with van der Waals surface area (Å²) >= 11 is 0. The number of hydrogen-bond acceptors (Lipinski definition) is 4. The molecule has 0 fully saturated rings. The van der Waals surface area contributed by atoms with Gasteiger partial charge in [-0.1, -0.05) is 115 Å². The summed E-state index contributed by atoms with van der Waals surface area (Å²) in [4.78, 5) is 15.2. The number of hydrogen-bond donors (Lipinski definition) is 0. The van der Waals surface area contributed by atoms with Gasteiger partial charge in [-0.2, -0.15) is 9.97 Å². The van der Waals surface area contributed by atoms with Gasteiger partial charge in [0.1, 0.15) is 11.2 Å². The quantitative estimate of drug-likeness (QED) is 0.213. The van der Waals surface area contributed by atoms with Crippen molar-refractivity contribution in [1.29, 1.82) is 0 Å². The summed E-state index contributed by atoms with van der Waals surface area (Å²) in [6, 6.07) is 49.9. The molecule has 0 saturated carbocycles. The molecule has 0 saturated heterocycles. The smallest absolute Gasteiger partial charge is 0.238 e. The lowest BCUT2D eigenvalue weighted by Gasteiger charge is -2.11. The lowest BCUT2D eigenvalue weighted by atomic mass is 10.0. The molecule has 5 nitrogen and oxygen atoms in total. The van der Waals surface area contributed by atoms with Crippen LogP contribution in [0.25, 0.3) is 83.6 Å². The van der Waals surface area contributed by atoms with Gasteiger partial charge in [-0.05, 0) is 41.5 Å². The van der Waals surface area contributed by atoms with Gasteiger partial charge in [0, 0.05) is 32.7 Å². The predicted molar refractivity (Wildman–Crippen MR) is 178 cm³/mol. The molecule has 0 amide bonds. The minimum absolute atomic E-state index is 0.565. The van der Waals surface area contributed by atoms with Crippen LogP contribution in [0.5, 0.6) is 0 Å². The molecule has 0 unspecified atom stereocenters.